The highest BCUT2D eigenvalue weighted by Crippen LogP contribution is 2.19. The Hall–Kier alpha value is -1.90. The molecule has 0 unspecified atom stereocenters. The number of aromatic nitrogens is 2. The second-order valence-corrected chi connectivity index (χ2v) is 10.2. The van der Waals surface area contributed by atoms with Gasteiger partial charge in [0, 0.05) is 5.56 Å². The first-order valence-corrected chi connectivity index (χ1v) is 14.9. The molecule has 0 saturated carbocycles. The first-order chi connectivity index (χ1) is 17.3. The topological polar surface area (TPSA) is 35.0 Å². The van der Waals surface area contributed by atoms with E-state index in [0.717, 1.165) is 30.2 Å². The van der Waals surface area contributed by atoms with Crippen molar-refractivity contribution in [1.82, 2.24) is 9.97 Å². The highest BCUT2D eigenvalue weighted by molar-refractivity contribution is 5.55. The summed E-state index contributed by atoms with van der Waals surface area (Å²) in [6.45, 7) is 5.29. The molecule has 3 heteroatoms. The van der Waals surface area contributed by atoms with E-state index in [1.165, 1.54) is 121 Å². The number of hydrogen-bond donors (Lipinski definition) is 0. The van der Waals surface area contributed by atoms with E-state index in [2.05, 4.69) is 48.1 Å². The molecule has 1 aromatic heterocycles. The summed E-state index contributed by atoms with van der Waals surface area (Å²) < 4.78 is 5.81. The lowest BCUT2D eigenvalue weighted by Gasteiger charge is -2.07. The third-order valence-electron chi connectivity index (χ3n) is 6.93. The zero-order valence-corrected chi connectivity index (χ0v) is 22.9. The van der Waals surface area contributed by atoms with Gasteiger partial charge >= 0.3 is 0 Å². The van der Waals surface area contributed by atoms with Crippen LogP contribution in [0.4, 0.5) is 0 Å². The van der Waals surface area contributed by atoms with Crippen LogP contribution in [0, 0.1) is 0 Å². The lowest BCUT2D eigenvalue weighted by atomic mass is 10.0. The molecule has 0 radical (unpaired) electrons. The van der Waals surface area contributed by atoms with Gasteiger partial charge in [-0.3, -0.25) is 0 Å². The molecule has 0 atom stereocenters. The smallest absolute Gasteiger partial charge is 0.159 e. The maximum absolute atomic E-state index is 5.81. The molecule has 3 nitrogen and oxygen atoms in total. The number of ether oxygens (including phenoxy) is 1. The van der Waals surface area contributed by atoms with Crippen molar-refractivity contribution in [2.24, 2.45) is 0 Å². The minimum atomic E-state index is 0.753. The Morgan fingerprint density at radius 1 is 0.543 bits per heavy atom. The molecule has 0 aliphatic heterocycles. The van der Waals surface area contributed by atoms with Crippen molar-refractivity contribution in [3.05, 3.63) is 42.2 Å². The van der Waals surface area contributed by atoms with E-state index in [0.29, 0.717) is 0 Å². The number of aryl methyl sites for hydroxylation is 1. The van der Waals surface area contributed by atoms with Gasteiger partial charge in [0.1, 0.15) is 0 Å². The Morgan fingerprint density at radius 2 is 1.00 bits per heavy atom. The van der Waals surface area contributed by atoms with Crippen LogP contribution in [0.15, 0.2) is 36.7 Å². The van der Waals surface area contributed by atoms with Gasteiger partial charge in [0.05, 0.1) is 19.0 Å². The Labute approximate surface area is 216 Å². The van der Waals surface area contributed by atoms with Crippen LogP contribution in [0.5, 0.6) is 5.75 Å². The molecule has 2 rings (SSSR count). The van der Waals surface area contributed by atoms with Gasteiger partial charge in [0.25, 0.3) is 0 Å². The maximum Gasteiger partial charge on any atom is 0.159 e. The third kappa shape index (κ3) is 14.3. The van der Waals surface area contributed by atoms with E-state index in [1.54, 1.807) is 12.4 Å². The van der Waals surface area contributed by atoms with Gasteiger partial charge in [0.15, 0.2) is 11.6 Å². The zero-order valence-electron chi connectivity index (χ0n) is 22.9. The minimum Gasteiger partial charge on any atom is -0.490 e. The van der Waals surface area contributed by atoms with Crippen LogP contribution in [-0.4, -0.2) is 16.6 Å². The fraction of sp³-hybridized carbons (Fsp3) is 0.688. The Morgan fingerprint density at radius 3 is 1.51 bits per heavy atom. The summed E-state index contributed by atoms with van der Waals surface area (Å²) in [5.74, 6) is 1.54. The summed E-state index contributed by atoms with van der Waals surface area (Å²) in [6.07, 6.45) is 29.2. The summed E-state index contributed by atoms with van der Waals surface area (Å²) >= 11 is 0. The highest BCUT2D eigenvalue weighted by Gasteiger charge is 2.03. The molecule has 0 N–H and O–H groups in total. The first kappa shape index (κ1) is 29.3. The third-order valence-corrected chi connectivity index (χ3v) is 6.93. The molecular formula is C32H52N2O. The lowest BCUT2D eigenvalue weighted by molar-refractivity contribution is 0.302. The summed E-state index contributed by atoms with van der Waals surface area (Å²) in [4.78, 5) is 9.03. The van der Waals surface area contributed by atoms with E-state index in [1.807, 2.05) is 0 Å². The SMILES string of the molecule is CCCCCCCCCCCCCCc1ccc(-c2ncc(OCCCCCCCC)cn2)cc1. The fourth-order valence-corrected chi connectivity index (χ4v) is 4.60. The molecule has 0 fully saturated rings. The first-order valence-electron chi connectivity index (χ1n) is 14.9. The molecular weight excluding hydrogens is 428 g/mol. The summed E-state index contributed by atoms with van der Waals surface area (Å²) in [6, 6.07) is 8.78. The van der Waals surface area contributed by atoms with Crippen LogP contribution in [0.25, 0.3) is 11.4 Å². The molecule has 0 amide bonds. The van der Waals surface area contributed by atoms with Crippen molar-refractivity contribution < 1.29 is 4.74 Å². The Bertz CT molecular complexity index is 726. The predicted octanol–water partition coefficient (Wildman–Crippen LogP) is 10.1. The van der Waals surface area contributed by atoms with Crippen LogP contribution in [0.3, 0.4) is 0 Å². The number of hydrogen-bond acceptors (Lipinski definition) is 3. The number of nitrogens with zero attached hydrogens (tertiary/aromatic N) is 2. The molecule has 0 bridgehead atoms. The van der Waals surface area contributed by atoms with Crippen molar-refractivity contribution in [2.75, 3.05) is 6.61 Å². The molecule has 35 heavy (non-hydrogen) atoms. The highest BCUT2D eigenvalue weighted by atomic mass is 16.5. The normalized spacial score (nSPS) is 11.1. The lowest BCUT2D eigenvalue weighted by Crippen LogP contribution is -1.99. The molecule has 2 aromatic rings. The van der Waals surface area contributed by atoms with Crippen molar-refractivity contribution in [2.45, 2.75) is 136 Å². The van der Waals surface area contributed by atoms with Crippen LogP contribution in [0.1, 0.15) is 135 Å². The van der Waals surface area contributed by atoms with E-state index >= 15 is 0 Å². The Balaban J connectivity index is 1.53. The molecule has 0 aliphatic rings. The number of rotatable bonds is 22. The molecule has 1 aromatic carbocycles. The largest absolute Gasteiger partial charge is 0.490 e. The van der Waals surface area contributed by atoms with Gasteiger partial charge in [-0.15, -0.1) is 0 Å². The Kier molecular flexibility index (Phi) is 17.0. The molecule has 0 aliphatic carbocycles. The zero-order chi connectivity index (χ0) is 24.8. The van der Waals surface area contributed by atoms with Gasteiger partial charge < -0.3 is 4.74 Å². The van der Waals surface area contributed by atoms with E-state index in [9.17, 15) is 0 Å². The van der Waals surface area contributed by atoms with Gasteiger partial charge in [-0.05, 0) is 24.8 Å². The average molecular weight is 481 g/mol. The monoisotopic (exact) mass is 480 g/mol. The molecule has 0 saturated heterocycles. The van der Waals surface area contributed by atoms with Gasteiger partial charge in [0.2, 0.25) is 0 Å². The number of benzene rings is 1. The van der Waals surface area contributed by atoms with Crippen LogP contribution >= 0.6 is 0 Å². The standard InChI is InChI=1S/C32H52N2O/c1-3-5-7-9-11-12-13-14-15-16-17-19-21-29-22-24-30(25-23-29)32-33-27-31(28-34-32)35-26-20-18-10-8-6-4-2/h22-25,27-28H,3-21,26H2,1-2H3. The second-order valence-electron chi connectivity index (χ2n) is 10.2. The maximum atomic E-state index is 5.81. The summed E-state index contributed by atoms with van der Waals surface area (Å²) in [5, 5.41) is 0. The summed E-state index contributed by atoms with van der Waals surface area (Å²) in [5.41, 5.74) is 2.49. The van der Waals surface area contributed by atoms with Crippen molar-refractivity contribution >= 4 is 0 Å². The predicted molar refractivity (Wildman–Crippen MR) is 151 cm³/mol. The second kappa shape index (κ2) is 20.3. The van der Waals surface area contributed by atoms with E-state index in [4.69, 9.17) is 4.74 Å². The van der Waals surface area contributed by atoms with Gasteiger partial charge in [-0.1, -0.05) is 141 Å². The van der Waals surface area contributed by atoms with Crippen molar-refractivity contribution in [1.29, 1.82) is 0 Å². The van der Waals surface area contributed by atoms with E-state index in [-0.39, 0.29) is 0 Å². The average Bonchev–Trinajstić information content (AvgIpc) is 2.89. The van der Waals surface area contributed by atoms with Crippen molar-refractivity contribution in [3.63, 3.8) is 0 Å². The number of unbranched alkanes of at least 4 members (excludes halogenated alkanes) is 16. The van der Waals surface area contributed by atoms with Gasteiger partial charge in [-0.2, -0.15) is 0 Å². The van der Waals surface area contributed by atoms with E-state index < -0.39 is 0 Å². The van der Waals surface area contributed by atoms with Gasteiger partial charge in [-0.25, -0.2) is 9.97 Å². The fourth-order valence-electron chi connectivity index (χ4n) is 4.60. The molecule has 1 heterocycles. The molecule has 196 valence electrons. The molecule has 0 spiro atoms. The quantitative estimate of drug-likeness (QED) is 0.157. The van der Waals surface area contributed by atoms with Crippen LogP contribution < -0.4 is 4.74 Å². The summed E-state index contributed by atoms with van der Waals surface area (Å²) in [7, 11) is 0. The van der Waals surface area contributed by atoms with Crippen LogP contribution in [-0.2, 0) is 6.42 Å². The van der Waals surface area contributed by atoms with Crippen molar-refractivity contribution in [3.8, 4) is 17.1 Å². The van der Waals surface area contributed by atoms with Crippen LogP contribution in [0.2, 0.25) is 0 Å². The minimum absolute atomic E-state index is 0.753.